The normalized spacial score (nSPS) is 10.9. The van der Waals surface area contributed by atoms with Crippen LogP contribution in [0.5, 0.6) is 0 Å². The molecule has 3 aromatic rings. The standard InChI is InChI=1S/C23H25N5/c1-3-17-9-11-19(12-10-17)21(24)20-22(25)27-15-28-23(20)26-13-5-8-18-7-4-6-16(2)14-18/h4-12,14-15,24H,3,13H2,1-2H3,(H3,25,26,27,28)/b8-5+,24-21?. The Labute approximate surface area is 165 Å². The summed E-state index contributed by atoms with van der Waals surface area (Å²) in [7, 11) is 0. The first-order chi connectivity index (χ1) is 13.6. The molecule has 1 aromatic heterocycles. The maximum Gasteiger partial charge on any atom is 0.141 e. The fourth-order valence-corrected chi connectivity index (χ4v) is 2.96. The van der Waals surface area contributed by atoms with E-state index in [9.17, 15) is 0 Å². The molecular formula is C23H25N5. The molecule has 5 nitrogen and oxygen atoms in total. The number of anilines is 2. The molecule has 0 bridgehead atoms. The lowest BCUT2D eigenvalue weighted by Gasteiger charge is -2.13. The zero-order chi connectivity index (χ0) is 19.9. The molecule has 0 aliphatic heterocycles. The van der Waals surface area contributed by atoms with Gasteiger partial charge in [-0.15, -0.1) is 0 Å². The Morgan fingerprint density at radius 3 is 2.64 bits per heavy atom. The maximum absolute atomic E-state index is 8.60. The van der Waals surface area contributed by atoms with Gasteiger partial charge in [0.25, 0.3) is 0 Å². The van der Waals surface area contributed by atoms with Crippen LogP contribution in [0.25, 0.3) is 6.08 Å². The highest BCUT2D eigenvalue weighted by Gasteiger charge is 2.15. The zero-order valence-corrected chi connectivity index (χ0v) is 16.2. The lowest BCUT2D eigenvalue weighted by Crippen LogP contribution is -2.14. The Bertz CT molecular complexity index is 990. The molecule has 2 aromatic carbocycles. The number of nitrogens with two attached hydrogens (primary N) is 1. The van der Waals surface area contributed by atoms with Crippen molar-refractivity contribution in [2.45, 2.75) is 20.3 Å². The number of nitrogens with zero attached hydrogens (tertiary/aromatic N) is 2. The van der Waals surface area contributed by atoms with Crippen molar-refractivity contribution in [2.24, 2.45) is 0 Å². The summed E-state index contributed by atoms with van der Waals surface area (Å²) in [5.41, 5.74) is 11.3. The number of hydrogen-bond donors (Lipinski definition) is 3. The van der Waals surface area contributed by atoms with Crippen LogP contribution in [0.2, 0.25) is 0 Å². The molecule has 5 heteroatoms. The van der Waals surface area contributed by atoms with Crippen LogP contribution in [0.1, 0.15) is 34.7 Å². The molecule has 142 valence electrons. The minimum Gasteiger partial charge on any atom is -0.383 e. The van der Waals surface area contributed by atoms with Crippen molar-refractivity contribution in [3.8, 4) is 0 Å². The average molecular weight is 371 g/mol. The van der Waals surface area contributed by atoms with Gasteiger partial charge in [0.1, 0.15) is 18.0 Å². The van der Waals surface area contributed by atoms with E-state index in [1.807, 2.05) is 36.4 Å². The van der Waals surface area contributed by atoms with Crippen LogP contribution < -0.4 is 11.1 Å². The Balaban J connectivity index is 1.76. The van der Waals surface area contributed by atoms with Gasteiger partial charge in [-0.2, -0.15) is 0 Å². The molecule has 0 saturated carbocycles. The van der Waals surface area contributed by atoms with Gasteiger partial charge in [-0.1, -0.05) is 73.2 Å². The summed E-state index contributed by atoms with van der Waals surface area (Å²) in [6, 6.07) is 16.2. The predicted molar refractivity (Wildman–Crippen MR) is 117 cm³/mol. The number of rotatable bonds is 7. The quantitative estimate of drug-likeness (QED) is 0.535. The average Bonchev–Trinajstić information content (AvgIpc) is 2.71. The Morgan fingerprint density at radius 1 is 1.14 bits per heavy atom. The molecule has 3 rings (SSSR count). The van der Waals surface area contributed by atoms with Crippen molar-refractivity contribution in [1.82, 2.24) is 9.97 Å². The van der Waals surface area contributed by atoms with Gasteiger partial charge in [0, 0.05) is 12.1 Å². The summed E-state index contributed by atoms with van der Waals surface area (Å²) >= 11 is 0. The van der Waals surface area contributed by atoms with Crippen molar-refractivity contribution in [3.63, 3.8) is 0 Å². The Hall–Kier alpha value is -3.47. The van der Waals surface area contributed by atoms with Crippen molar-refractivity contribution in [1.29, 1.82) is 5.41 Å². The van der Waals surface area contributed by atoms with E-state index in [1.165, 1.54) is 17.5 Å². The molecule has 0 amide bonds. The lowest BCUT2D eigenvalue weighted by atomic mass is 10.0. The second-order valence-electron chi connectivity index (χ2n) is 6.61. The van der Waals surface area contributed by atoms with Crippen LogP contribution >= 0.6 is 0 Å². The smallest absolute Gasteiger partial charge is 0.141 e. The number of hydrogen-bond acceptors (Lipinski definition) is 5. The van der Waals surface area contributed by atoms with E-state index in [0.29, 0.717) is 29.5 Å². The molecule has 1 heterocycles. The van der Waals surface area contributed by atoms with Crippen LogP contribution in [0.3, 0.4) is 0 Å². The van der Waals surface area contributed by atoms with E-state index in [2.05, 4.69) is 53.4 Å². The van der Waals surface area contributed by atoms with Crippen LogP contribution in [-0.2, 0) is 6.42 Å². The zero-order valence-electron chi connectivity index (χ0n) is 16.2. The van der Waals surface area contributed by atoms with Crippen LogP contribution in [0.4, 0.5) is 11.6 Å². The Morgan fingerprint density at radius 2 is 1.93 bits per heavy atom. The highest BCUT2D eigenvalue weighted by Crippen LogP contribution is 2.22. The molecule has 0 spiro atoms. The summed E-state index contributed by atoms with van der Waals surface area (Å²) < 4.78 is 0. The molecule has 0 radical (unpaired) electrons. The number of nitrogens with one attached hydrogen (secondary N) is 2. The van der Waals surface area contributed by atoms with Gasteiger partial charge >= 0.3 is 0 Å². The van der Waals surface area contributed by atoms with Gasteiger partial charge in [0.05, 0.1) is 11.3 Å². The molecule has 0 atom stereocenters. The van der Waals surface area contributed by atoms with Crippen LogP contribution in [0.15, 0.2) is 60.9 Å². The van der Waals surface area contributed by atoms with Crippen molar-refractivity contribution in [3.05, 3.63) is 88.8 Å². The van der Waals surface area contributed by atoms with Crippen LogP contribution in [0, 0.1) is 12.3 Å². The van der Waals surface area contributed by atoms with E-state index >= 15 is 0 Å². The highest BCUT2D eigenvalue weighted by molar-refractivity contribution is 6.16. The van der Waals surface area contributed by atoms with Gasteiger partial charge < -0.3 is 11.1 Å². The third kappa shape index (κ3) is 4.62. The molecule has 0 saturated heterocycles. The van der Waals surface area contributed by atoms with Gasteiger partial charge in [-0.05, 0) is 24.5 Å². The highest BCUT2D eigenvalue weighted by atomic mass is 15.0. The second-order valence-corrected chi connectivity index (χ2v) is 6.61. The fourth-order valence-electron chi connectivity index (χ4n) is 2.96. The first kappa shape index (κ1) is 19.3. The number of aryl methyl sites for hydroxylation is 2. The van der Waals surface area contributed by atoms with E-state index < -0.39 is 0 Å². The number of aromatic nitrogens is 2. The fraction of sp³-hybridized carbons (Fsp3) is 0.174. The lowest BCUT2D eigenvalue weighted by molar-refractivity contribution is 1.13. The van der Waals surface area contributed by atoms with Crippen molar-refractivity contribution in [2.75, 3.05) is 17.6 Å². The molecule has 28 heavy (non-hydrogen) atoms. The first-order valence-corrected chi connectivity index (χ1v) is 9.34. The van der Waals surface area contributed by atoms with E-state index in [1.54, 1.807) is 0 Å². The van der Waals surface area contributed by atoms with Gasteiger partial charge in [-0.25, -0.2) is 9.97 Å². The SMILES string of the molecule is CCc1ccc(C(=N)c2c(N)ncnc2NC/C=C/c2cccc(C)c2)cc1. The molecule has 0 unspecified atom stereocenters. The number of nitrogen functional groups attached to an aromatic ring is 1. The predicted octanol–water partition coefficient (Wildman–Crippen LogP) is 4.47. The molecular weight excluding hydrogens is 346 g/mol. The van der Waals surface area contributed by atoms with Gasteiger partial charge in [0.15, 0.2) is 0 Å². The third-order valence-electron chi connectivity index (χ3n) is 4.52. The van der Waals surface area contributed by atoms with Gasteiger partial charge in [0.2, 0.25) is 0 Å². The van der Waals surface area contributed by atoms with Crippen molar-refractivity contribution < 1.29 is 0 Å². The molecule has 0 fully saturated rings. The van der Waals surface area contributed by atoms with Crippen molar-refractivity contribution >= 4 is 23.4 Å². The summed E-state index contributed by atoms with van der Waals surface area (Å²) in [6.45, 7) is 4.75. The number of benzene rings is 2. The molecule has 0 aliphatic carbocycles. The first-order valence-electron chi connectivity index (χ1n) is 9.34. The maximum atomic E-state index is 8.60. The topological polar surface area (TPSA) is 87.7 Å². The summed E-state index contributed by atoms with van der Waals surface area (Å²) in [5, 5.41) is 11.9. The summed E-state index contributed by atoms with van der Waals surface area (Å²) in [5.74, 6) is 0.857. The minimum atomic E-state index is 0.296. The minimum absolute atomic E-state index is 0.296. The van der Waals surface area contributed by atoms with Crippen LogP contribution in [-0.4, -0.2) is 22.2 Å². The Kier molecular flexibility index (Phi) is 6.17. The third-order valence-corrected chi connectivity index (χ3v) is 4.52. The van der Waals surface area contributed by atoms with Gasteiger partial charge in [-0.3, -0.25) is 5.41 Å². The van der Waals surface area contributed by atoms with E-state index in [-0.39, 0.29) is 0 Å². The summed E-state index contributed by atoms with van der Waals surface area (Å²) in [6.07, 6.45) is 6.46. The molecule has 4 N–H and O–H groups in total. The monoisotopic (exact) mass is 371 g/mol. The summed E-state index contributed by atoms with van der Waals surface area (Å²) in [4.78, 5) is 8.37. The largest absolute Gasteiger partial charge is 0.383 e. The molecule has 0 aliphatic rings. The van der Waals surface area contributed by atoms with E-state index in [4.69, 9.17) is 11.1 Å². The second kappa shape index (κ2) is 8.95. The van der Waals surface area contributed by atoms with E-state index in [0.717, 1.165) is 17.5 Å².